The van der Waals surface area contributed by atoms with Gasteiger partial charge in [0.1, 0.15) is 11.3 Å². The van der Waals surface area contributed by atoms with Crippen LogP contribution in [0.2, 0.25) is 5.02 Å². The van der Waals surface area contributed by atoms with Gasteiger partial charge in [0.2, 0.25) is 5.82 Å². The Kier molecular flexibility index (Phi) is 6.35. The lowest BCUT2D eigenvalue weighted by atomic mass is 9.68. The van der Waals surface area contributed by atoms with E-state index in [9.17, 15) is 19.8 Å². The van der Waals surface area contributed by atoms with E-state index >= 15 is 4.39 Å². The number of phenols is 1. The number of primary amides is 1. The maximum absolute atomic E-state index is 16.5. The third-order valence-electron chi connectivity index (χ3n) is 7.44. The Morgan fingerprint density at radius 3 is 2.54 bits per heavy atom. The van der Waals surface area contributed by atoms with Crippen LogP contribution in [0.4, 0.5) is 9.18 Å². The Labute approximate surface area is 228 Å². The smallest absolute Gasteiger partial charge is 0.408 e. The Balaban J connectivity index is 1.92. The molecular weight excluding hydrogens is 525 g/mol. The van der Waals surface area contributed by atoms with Crippen LogP contribution >= 0.6 is 11.6 Å². The lowest BCUT2D eigenvalue weighted by molar-refractivity contribution is -0.0204. The Morgan fingerprint density at radius 2 is 1.87 bits per heavy atom. The monoisotopic (exact) mass is 551 g/mol. The van der Waals surface area contributed by atoms with Crippen LogP contribution in [0.3, 0.4) is 0 Å². The highest BCUT2D eigenvalue weighted by Crippen LogP contribution is 2.49. The molecule has 202 valence electrons. The number of hydrogen-bond donors (Lipinski definition) is 4. The van der Waals surface area contributed by atoms with Crippen molar-refractivity contribution in [1.82, 2.24) is 20.2 Å². The first-order valence-corrected chi connectivity index (χ1v) is 12.7. The molecule has 0 bridgehead atoms. The van der Waals surface area contributed by atoms with Crippen molar-refractivity contribution >= 4 is 45.3 Å². The number of aromatic nitrogens is 2. The molecule has 11 heteroatoms. The topological polar surface area (TPSA) is 142 Å². The van der Waals surface area contributed by atoms with Crippen molar-refractivity contribution in [3.63, 3.8) is 0 Å². The number of aromatic hydroxyl groups is 1. The van der Waals surface area contributed by atoms with E-state index in [1.165, 1.54) is 17.0 Å². The fourth-order valence-corrected chi connectivity index (χ4v) is 5.84. The highest BCUT2D eigenvalue weighted by molar-refractivity contribution is 6.35. The molecule has 39 heavy (non-hydrogen) atoms. The minimum absolute atomic E-state index is 0.00452. The van der Waals surface area contributed by atoms with Gasteiger partial charge in [-0.2, -0.15) is 0 Å². The molecule has 1 unspecified atom stereocenters. The molecular formula is C28H27ClFN5O4. The standard InChI is InChI=1S/C28H27ClFN5O4/c1-27(2,3)28(13-32-8-9-35(28)26(38)39)23-20-19(33-25(34-23)24(31)37)12-18(21(29)22(20)30)17-11-15(36)10-14-6-4-5-7-16(14)17/h4-7,10-12,32,36H,8-9,13H2,1-3H3,(H2,31,37)(H,38,39). The number of hydrogen-bond acceptors (Lipinski definition) is 6. The van der Waals surface area contributed by atoms with E-state index in [0.29, 0.717) is 22.9 Å². The molecule has 1 saturated heterocycles. The molecule has 2 heterocycles. The van der Waals surface area contributed by atoms with E-state index in [-0.39, 0.29) is 51.8 Å². The number of piperazine rings is 1. The minimum atomic E-state index is -1.41. The van der Waals surface area contributed by atoms with Gasteiger partial charge in [0.25, 0.3) is 5.91 Å². The Morgan fingerprint density at radius 1 is 1.15 bits per heavy atom. The first-order valence-electron chi connectivity index (χ1n) is 12.3. The average molecular weight is 552 g/mol. The maximum Gasteiger partial charge on any atom is 0.408 e. The predicted octanol–water partition coefficient (Wildman–Crippen LogP) is 4.87. The number of nitrogens with two attached hydrogens (primary N) is 1. The highest BCUT2D eigenvalue weighted by Gasteiger charge is 2.54. The number of nitrogens with zero attached hydrogens (tertiary/aromatic N) is 3. The molecule has 1 atom stereocenters. The number of amides is 2. The Hall–Kier alpha value is -4.02. The predicted molar refractivity (Wildman–Crippen MR) is 146 cm³/mol. The molecule has 0 radical (unpaired) electrons. The van der Waals surface area contributed by atoms with Gasteiger partial charge in [-0.3, -0.25) is 9.69 Å². The van der Waals surface area contributed by atoms with E-state index in [1.54, 1.807) is 12.1 Å². The van der Waals surface area contributed by atoms with E-state index in [0.717, 1.165) is 0 Å². The first-order chi connectivity index (χ1) is 18.4. The summed E-state index contributed by atoms with van der Waals surface area (Å²) >= 11 is 6.68. The van der Waals surface area contributed by atoms with Crippen molar-refractivity contribution in [3.05, 3.63) is 64.8 Å². The number of rotatable bonds is 3. The zero-order valence-electron chi connectivity index (χ0n) is 21.5. The van der Waals surface area contributed by atoms with Crippen LogP contribution in [-0.2, 0) is 5.54 Å². The largest absolute Gasteiger partial charge is 0.508 e. The second-order valence-electron chi connectivity index (χ2n) is 10.6. The van der Waals surface area contributed by atoms with Gasteiger partial charge in [0, 0.05) is 25.2 Å². The Bertz CT molecular complexity index is 1670. The van der Waals surface area contributed by atoms with Gasteiger partial charge in [-0.25, -0.2) is 19.2 Å². The second-order valence-corrected chi connectivity index (χ2v) is 11.0. The van der Waals surface area contributed by atoms with Crippen molar-refractivity contribution < 1.29 is 24.2 Å². The summed E-state index contributed by atoms with van der Waals surface area (Å²) in [6, 6.07) is 11.8. The van der Waals surface area contributed by atoms with Crippen LogP contribution in [0, 0.1) is 11.2 Å². The van der Waals surface area contributed by atoms with Gasteiger partial charge in [-0.05, 0) is 39.9 Å². The molecule has 4 aromatic rings. The van der Waals surface area contributed by atoms with Crippen molar-refractivity contribution in [2.24, 2.45) is 11.1 Å². The number of benzene rings is 3. The summed E-state index contributed by atoms with van der Waals surface area (Å²) in [7, 11) is 0. The fraction of sp³-hybridized carbons (Fsp3) is 0.286. The molecule has 9 nitrogen and oxygen atoms in total. The number of carbonyl (C=O) groups excluding carboxylic acids is 1. The highest BCUT2D eigenvalue weighted by atomic mass is 35.5. The van der Waals surface area contributed by atoms with Gasteiger partial charge in [-0.1, -0.05) is 56.6 Å². The van der Waals surface area contributed by atoms with E-state index in [4.69, 9.17) is 17.3 Å². The van der Waals surface area contributed by atoms with Crippen LogP contribution in [-0.4, -0.2) is 56.7 Å². The average Bonchev–Trinajstić information content (AvgIpc) is 2.88. The summed E-state index contributed by atoms with van der Waals surface area (Å²) in [5.74, 6) is -2.25. The molecule has 1 aliphatic heterocycles. The fourth-order valence-electron chi connectivity index (χ4n) is 5.59. The van der Waals surface area contributed by atoms with Gasteiger partial charge >= 0.3 is 6.09 Å². The molecule has 1 aromatic heterocycles. The summed E-state index contributed by atoms with van der Waals surface area (Å²) in [5.41, 5.74) is 4.07. The second kappa shape index (κ2) is 9.32. The lowest BCUT2D eigenvalue weighted by Gasteiger charge is -2.53. The van der Waals surface area contributed by atoms with E-state index in [1.807, 2.05) is 39.0 Å². The molecule has 1 fully saturated rings. The number of carbonyl (C=O) groups is 2. The lowest BCUT2D eigenvalue weighted by Crippen LogP contribution is -2.66. The summed E-state index contributed by atoms with van der Waals surface area (Å²) in [4.78, 5) is 34.8. The number of halogens is 2. The summed E-state index contributed by atoms with van der Waals surface area (Å²) in [5, 5.41) is 24.9. The van der Waals surface area contributed by atoms with Gasteiger partial charge in [-0.15, -0.1) is 0 Å². The zero-order valence-corrected chi connectivity index (χ0v) is 22.3. The summed E-state index contributed by atoms with van der Waals surface area (Å²) in [6.45, 7) is 6.05. The van der Waals surface area contributed by atoms with Crippen LogP contribution in [0.25, 0.3) is 32.8 Å². The van der Waals surface area contributed by atoms with Crippen LogP contribution in [0.5, 0.6) is 5.75 Å². The van der Waals surface area contributed by atoms with Gasteiger partial charge < -0.3 is 21.3 Å². The number of carboxylic acid groups (broad SMARTS) is 1. The number of nitrogens with one attached hydrogen (secondary N) is 1. The van der Waals surface area contributed by atoms with Gasteiger partial charge in [0.15, 0.2) is 5.82 Å². The van der Waals surface area contributed by atoms with E-state index < -0.39 is 28.8 Å². The first kappa shape index (κ1) is 26.6. The molecule has 5 rings (SSSR count). The molecule has 3 aromatic carbocycles. The van der Waals surface area contributed by atoms with Gasteiger partial charge in [0.05, 0.1) is 21.6 Å². The van der Waals surface area contributed by atoms with Crippen LogP contribution < -0.4 is 11.1 Å². The van der Waals surface area contributed by atoms with E-state index in [2.05, 4.69) is 15.3 Å². The third kappa shape index (κ3) is 4.11. The molecule has 0 saturated carbocycles. The quantitative estimate of drug-likeness (QED) is 0.284. The van der Waals surface area contributed by atoms with Crippen molar-refractivity contribution in [2.75, 3.05) is 19.6 Å². The van der Waals surface area contributed by atoms with Crippen molar-refractivity contribution in [3.8, 4) is 16.9 Å². The SMILES string of the molecule is CC(C)(C)C1(c2nc(C(N)=O)nc3cc(-c4cc(O)cc5ccccc45)c(Cl)c(F)c23)CNCCN1C(=O)O. The molecule has 1 aliphatic rings. The molecule has 2 amide bonds. The van der Waals surface area contributed by atoms with Crippen LogP contribution in [0.1, 0.15) is 37.1 Å². The number of phenolic OH excluding ortho intramolecular Hbond substituents is 1. The minimum Gasteiger partial charge on any atom is -0.508 e. The summed E-state index contributed by atoms with van der Waals surface area (Å²) < 4.78 is 16.5. The maximum atomic E-state index is 16.5. The molecule has 5 N–H and O–H groups in total. The molecule has 0 spiro atoms. The van der Waals surface area contributed by atoms with Crippen molar-refractivity contribution in [2.45, 2.75) is 26.3 Å². The third-order valence-corrected chi connectivity index (χ3v) is 7.81. The summed E-state index contributed by atoms with van der Waals surface area (Å²) in [6.07, 6.45) is -1.21. The molecule has 0 aliphatic carbocycles. The van der Waals surface area contributed by atoms with Crippen molar-refractivity contribution in [1.29, 1.82) is 0 Å². The normalized spacial score (nSPS) is 18.0. The zero-order chi connectivity index (χ0) is 28.3. The van der Waals surface area contributed by atoms with Crippen LogP contribution in [0.15, 0.2) is 42.5 Å². The number of fused-ring (bicyclic) bond motifs is 2.